The Morgan fingerprint density at radius 2 is 2.22 bits per heavy atom. The fourth-order valence-corrected chi connectivity index (χ4v) is 2.48. The smallest absolute Gasteiger partial charge is 0.175 e. The van der Waals surface area contributed by atoms with Crippen molar-refractivity contribution in [3.05, 3.63) is 12.3 Å². The summed E-state index contributed by atoms with van der Waals surface area (Å²) in [4.78, 5) is 0. The highest BCUT2D eigenvalue weighted by Crippen LogP contribution is 2.23. The van der Waals surface area contributed by atoms with E-state index in [1.165, 1.54) is 0 Å². The lowest BCUT2D eigenvalue weighted by Crippen LogP contribution is -2.08. The van der Waals surface area contributed by atoms with E-state index in [1.807, 2.05) is 29.6 Å². The molecule has 0 saturated carbocycles. The summed E-state index contributed by atoms with van der Waals surface area (Å²) >= 11 is 1.89. The minimum Gasteiger partial charge on any atom is -0.380 e. The predicted molar refractivity (Wildman–Crippen MR) is 74.2 cm³/mol. The van der Waals surface area contributed by atoms with E-state index in [0.717, 1.165) is 23.7 Å². The maximum atomic E-state index is 5.89. The van der Waals surface area contributed by atoms with E-state index in [0.29, 0.717) is 11.1 Å². The SMILES string of the molecule is CC(C)SCCn1nnc(N)c1-c1ccnn1C. The first-order valence-corrected chi connectivity index (χ1v) is 6.93. The number of hydrogen-bond donors (Lipinski definition) is 1. The maximum absolute atomic E-state index is 5.89. The lowest BCUT2D eigenvalue weighted by molar-refractivity contribution is 0.632. The van der Waals surface area contributed by atoms with Crippen molar-refractivity contribution >= 4 is 17.6 Å². The highest BCUT2D eigenvalue weighted by Gasteiger charge is 2.15. The van der Waals surface area contributed by atoms with E-state index in [-0.39, 0.29) is 0 Å². The van der Waals surface area contributed by atoms with Gasteiger partial charge in [0.15, 0.2) is 5.82 Å². The van der Waals surface area contributed by atoms with Crippen molar-refractivity contribution in [2.75, 3.05) is 11.5 Å². The molecular weight excluding hydrogens is 248 g/mol. The Morgan fingerprint density at radius 1 is 1.44 bits per heavy atom. The molecule has 0 aliphatic rings. The van der Waals surface area contributed by atoms with Crippen molar-refractivity contribution in [2.24, 2.45) is 7.05 Å². The second-order valence-electron chi connectivity index (χ2n) is 4.31. The van der Waals surface area contributed by atoms with Gasteiger partial charge in [-0.1, -0.05) is 19.1 Å². The number of aromatic nitrogens is 5. The quantitative estimate of drug-likeness (QED) is 0.885. The van der Waals surface area contributed by atoms with Crippen LogP contribution in [0.5, 0.6) is 0 Å². The lowest BCUT2D eigenvalue weighted by atomic mass is 10.3. The number of nitrogens with zero attached hydrogens (tertiary/aromatic N) is 5. The predicted octanol–water partition coefficient (Wildman–Crippen LogP) is 1.40. The van der Waals surface area contributed by atoms with Crippen LogP contribution in [0.15, 0.2) is 12.3 Å². The molecular formula is C11H18N6S. The van der Waals surface area contributed by atoms with E-state index in [2.05, 4.69) is 29.3 Å². The molecule has 2 aromatic rings. The Kier molecular flexibility index (Phi) is 3.90. The standard InChI is InChI=1S/C11H18N6S/c1-8(2)18-7-6-17-10(11(12)14-15-17)9-4-5-13-16(9)3/h4-5,8H,6-7,12H2,1-3H3. The largest absolute Gasteiger partial charge is 0.380 e. The number of nitrogen functional groups attached to an aromatic ring is 1. The van der Waals surface area contributed by atoms with E-state index in [1.54, 1.807) is 10.9 Å². The Balaban J connectivity index is 2.20. The van der Waals surface area contributed by atoms with Crippen LogP contribution in [0.25, 0.3) is 11.4 Å². The topological polar surface area (TPSA) is 74.6 Å². The normalized spacial score (nSPS) is 11.3. The van der Waals surface area contributed by atoms with Gasteiger partial charge in [0.2, 0.25) is 0 Å². The zero-order valence-corrected chi connectivity index (χ0v) is 11.7. The monoisotopic (exact) mass is 266 g/mol. The van der Waals surface area contributed by atoms with Crippen LogP contribution in [-0.2, 0) is 13.6 Å². The first kappa shape index (κ1) is 12.9. The number of aryl methyl sites for hydroxylation is 2. The molecule has 98 valence electrons. The Hall–Kier alpha value is -1.50. The number of anilines is 1. The van der Waals surface area contributed by atoms with Gasteiger partial charge in [0.25, 0.3) is 0 Å². The molecule has 0 radical (unpaired) electrons. The molecule has 2 aromatic heterocycles. The van der Waals surface area contributed by atoms with Gasteiger partial charge in [0.1, 0.15) is 5.69 Å². The first-order valence-electron chi connectivity index (χ1n) is 5.88. The molecule has 18 heavy (non-hydrogen) atoms. The molecule has 6 nitrogen and oxygen atoms in total. The van der Waals surface area contributed by atoms with Crippen LogP contribution in [0.2, 0.25) is 0 Å². The van der Waals surface area contributed by atoms with Crippen LogP contribution < -0.4 is 5.73 Å². The summed E-state index contributed by atoms with van der Waals surface area (Å²) in [6.45, 7) is 5.17. The van der Waals surface area contributed by atoms with Crippen LogP contribution in [-0.4, -0.2) is 35.8 Å². The molecule has 0 bridgehead atoms. The molecule has 0 unspecified atom stereocenters. The van der Waals surface area contributed by atoms with Crippen LogP contribution in [0.4, 0.5) is 5.82 Å². The summed E-state index contributed by atoms with van der Waals surface area (Å²) in [5.74, 6) is 1.44. The summed E-state index contributed by atoms with van der Waals surface area (Å²) in [6, 6.07) is 1.92. The van der Waals surface area contributed by atoms with Crippen molar-refractivity contribution < 1.29 is 0 Å². The molecule has 0 aliphatic carbocycles. The third-order valence-electron chi connectivity index (χ3n) is 2.58. The van der Waals surface area contributed by atoms with E-state index in [9.17, 15) is 0 Å². The Labute approximate surface area is 111 Å². The molecule has 0 atom stereocenters. The van der Waals surface area contributed by atoms with Crippen LogP contribution in [0.1, 0.15) is 13.8 Å². The Morgan fingerprint density at radius 3 is 2.83 bits per heavy atom. The summed E-state index contributed by atoms with van der Waals surface area (Å²) in [7, 11) is 1.88. The molecule has 2 N–H and O–H groups in total. The van der Waals surface area contributed by atoms with Crippen molar-refractivity contribution in [3.8, 4) is 11.4 Å². The van der Waals surface area contributed by atoms with E-state index < -0.39 is 0 Å². The van der Waals surface area contributed by atoms with Gasteiger partial charge >= 0.3 is 0 Å². The summed E-state index contributed by atoms with van der Waals surface area (Å²) in [5, 5.41) is 12.8. The highest BCUT2D eigenvalue weighted by atomic mass is 32.2. The molecule has 0 spiro atoms. The molecule has 0 fully saturated rings. The van der Waals surface area contributed by atoms with E-state index >= 15 is 0 Å². The van der Waals surface area contributed by atoms with Gasteiger partial charge < -0.3 is 5.73 Å². The third-order valence-corrected chi connectivity index (χ3v) is 3.66. The van der Waals surface area contributed by atoms with Gasteiger partial charge in [-0.2, -0.15) is 16.9 Å². The second-order valence-corrected chi connectivity index (χ2v) is 5.99. The highest BCUT2D eigenvalue weighted by molar-refractivity contribution is 7.99. The summed E-state index contributed by atoms with van der Waals surface area (Å²) in [5.41, 5.74) is 7.67. The van der Waals surface area contributed by atoms with Crippen molar-refractivity contribution in [1.82, 2.24) is 24.8 Å². The van der Waals surface area contributed by atoms with Gasteiger partial charge in [-0.15, -0.1) is 5.10 Å². The van der Waals surface area contributed by atoms with Crippen LogP contribution in [0, 0.1) is 0 Å². The zero-order chi connectivity index (χ0) is 13.1. The summed E-state index contributed by atoms with van der Waals surface area (Å²) in [6.07, 6.45) is 1.75. The lowest BCUT2D eigenvalue weighted by Gasteiger charge is -2.08. The molecule has 0 aromatic carbocycles. The zero-order valence-electron chi connectivity index (χ0n) is 10.9. The minimum absolute atomic E-state index is 0.452. The molecule has 2 heterocycles. The third kappa shape index (κ3) is 2.66. The number of nitrogens with two attached hydrogens (primary N) is 1. The molecule has 0 saturated heterocycles. The number of hydrogen-bond acceptors (Lipinski definition) is 5. The summed E-state index contributed by atoms with van der Waals surface area (Å²) < 4.78 is 3.63. The van der Waals surface area contributed by atoms with Gasteiger partial charge in [-0.3, -0.25) is 4.68 Å². The van der Waals surface area contributed by atoms with Crippen LogP contribution in [0.3, 0.4) is 0 Å². The number of rotatable bonds is 5. The first-order chi connectivity index (χ1) is 8.59. The maximum Gasteiger partial charge on any atom is 0.175 e. The number of thioether (sulfide) groups is 1. The Bertz CT molecular complexity index is 515. The average Bonchev–Trinajstić information content (AvgIpc) is 2.85. The van der Waals surface area contributed by atoms with Crippen LogP contribution >= 0.6 is 11.8 Å². The van der Waals surface area contributed by atoms with Gasteiger partial charge in [-0.05, 0) is 11.3 Å². The molecule has 0 amide bonds. The second kappa shape index (κ2) is 5.43. The van der Waals surface area contributed by atoms with Crippen molar-refractivity contribution in [3.63, 3.8) is 0 Å². The average molecular weight is 266 g/mol. The minimum atomic E-state index is 0.452. The van der Waals surface area contributed by atoms with Crippen molar-refractivity contribution in [2.45, 2.75) is 25.6 Å². The van der Waals surface area contributed by atoms with Gasteiger partial charge in [0.05, 0.1) is 12.2 Å². The molecule has 2 rings (SSSR count). The van der Waals surface area contributed by atoms with E-state index in [4.69, 9.17) is 5.73 Å². The fourth-order valence-electron chi connectivity index (χ4n) is 1.73. The molecule has 7 heteroatoms. The van der Waals surface area contributed by atoms with Gasteiger partial charge in [-0.25, -0.2) is 4.68 Å². The van der Waals surface area contributed by atoms with Crippen molar-refractivity contribution in [1.29, 1.82) is 0 Å². The molecule has 0 aliphatic heterocycles. The van der Waals surface area contributed by atoms with Gasteiger partial charge in [0, 0.05) is 19.0 Å². The fraction of sp³-hybridized carbons (Fsp3) is 0.545.